The third-order valence-electron chi connectivity index (χ3n) is 6.23. The monoisotopic (exact) mass is 473 g/mol. The Balaban J connectivity index is 1.71. The summed E-state index contributed by atoms with van der Waals surface area (Å²) in [7, 11) is 0. The summed E-state index contributed by atoms with van der Waals surface area (Å²) in [6.07, 6.45) is 3.77. The average molecular weight is 474 g/mol. The quantitative estimate of drug-likeness (QED) is 0.479. The third kappa shape index (κ3) is 4.46. The molecule has 2 aliphatic heterocycles. The minimum Gasteiger partial charge on any atom is -0.494 e. The first kappa shape index (κ1) is 24.3. The molecular weight excluding hydrogens is 442 g/mol. The number of anilines is 2. The van der Waals surface area contributed by atoms with Gasteiger partial charge in [0.2, 0.25) is 0 Å². The first-order valence-corrected chi connectivity index (χ1v) is 11.8. The van der Waals surface area contributed by atoms with E-state index in [1.165, 1.54) is 0 Å². The molecular formula is C28H31N3O4. The van der Waals surface area contributed by atoms with Crippen molar-refractivity contribution in [1.29, 1.82) is 0 Å². The lowest BCUT2D eigenvalue weighted by molar-refractivity contribution is -0.122. The molecule has 7 heteroatoms. The van der Waals surface area contributed by atoms with Gasteiger partial charge in [-0.15, -0.1) is 0 Å². The highest BCUT2D eigenvalue weighted by molar-refractivity contribution is 6.39. The Morgan fingerprint density at radius 3 is 2.37 bits per heavy atom. The van der Waals surface area contributed by atoms with Gasteiger partial charge in [0.25, 0.3) is 11.8 Å². The van der Waals surface area contributed by atoms with E-state index in [1.807, 2.05) is 25.1 Å². The molecule has 0 aliphatic carbocycles. The van der Waals surface area contributed by atoms with Crippen molar-refractivity contribution in [2.24, 2.45) is 0 Å². The summed E-state index contributed by atoms with van der Waals surface area (Å²) < 4.78 is 5.43. The lowest BCUT2D eigenvalue weighted by Crippen LogP contribution is -2.54. The molecule has 0 spiro atoms. The highest BCUT2D eigenvalue weighted by Gasteiger charge is 2.37. The van der Waals surface area contributed by atoms with Gasteiger partial charge in [-0.25, -0.2) is 9.69 Å². The number of imide groups is 2. The fourth-order valence-electron chi connectivity index (χ4n) is 5.02. The molecule has 182 valence electrons. The van der Waals surface area contributed by atoms with E-state index in [0.29, 0.717) is 23.6 Å². The molecule has 0 aromatic heterocycles. The number of fused-ring (bicyclic) bond motifs is 1. The van der Waals surface area contributed by atoms with Crippen LogP contribution in [-0.4, -0.2) is 36.0 Å². The van der Waals surface area contributed by atoms with E-state index < -0.39 is 17.8 Å². The van der Waals surface area contributed by atoms with Gasteiger partial charge in [0.1, 0.15) is 11.3 Å². The van der Waals surface area contributed by atoms with E-state index in [1.54, 1.807) is 30.3 Å². The first-order chi connectivity index (χ1) is 16.5. The second kappa shape index (κ2) is 9.06. The zero-order valence-electron chi connectivity index (χ0n) is 21.0. The van der Waals surface area contributed by atoms with E-state index in [9.17, 15) is 14.4 Å². The number of nitrogens with one attached hydrogen (secondary N) is 1. The number of benzene rings is 2. The van der Waals surface area contributed by atoms with Crippen LogP contribution >= 0.6 is 0 Å². The number of barbiturate groups is 1. The highest BCUT2D eigenvalue weighted by atomic mass is 16.5. The van der Waals surface area contributed by atoms with Crippen molar-refractivity contribution in [3.05, 3.63) is 65.2 Å². The summed E-state index contributed by atoms with van der Waals surface area (Å²) in [4.78, 5) is 41.7. The Kier molecular flexibility index (Phi) is 6.28. The predicted octanol–water partition coefficient (Wildman–Crippen LogP) is 5.16. The average Bonchev–Trinajstić information content (AvgIpc) is 2.77. The number of amides is 4. The number of hydrogen-bond donors (Lipinski definition) is 1. The normalized spacial score (nSPS) is 18.5. The van der Waals surface area contributed by atoms with E-state index >= 15 is 0 Å². The Labute approximate surface area is 206 Å². The maximum absolute atomic E-state index is 13.3. The van der Waals surface area contributed by atoms with Crippen LogP contribution in [0.5, 0.6) is 5.75 Å². The summed E-state index contributed by atoms with van der Waals surface area (Å²) in [5, 5.41) is 2.28. The zero-order chi connectivity index (χ0) is 25.5. The molecule has 0 bridgehead atoms. The minimum absolute atomic E-state index is 0.100. The number of rotatable bonds is 5. The summed E-state index contributed by atoms with van der Waals surface area (Å²) in [5.74, 6) is -0.751. The molecule has 2 aromatic carbocycles. The summed E-state index contributed by atoms with van der Waals surface area (Å²) in [5.41, 5.74) is 4.12. The maximum Gasteiger partial charge on any atom is 0.335 e. The minimum atomic E-state index is -0.777. The van der Waals surface area contributed by atoms with E-state index in [0.717, 1.165) is 21.7 Å². The van der Waals surface area contributed by atoms with Crippen LogP contribution in [0.15, 0.2) is 54.1 Å². The van der Waals surface area contributed by atoms with Gasteiger partial charge in [-0.1, -0.05) is 12.1 Å². The Bertz CT molecular complexity index is 1260. The van der Waals surface area contributed by atoms with Crippen molar-refractivity contribution in [3.8, 4) is 5.75 Å². The van der Waals surface area contributed by atoms with Gasteiger partial charge < -0.3 is 9.64 Å². The number of carbonyl (C=O) groups is 3. The molecule has 1 saturated heterocycles. The van der Waals surface area contributed by atoms with Crippen LogP contribution in [-0.2, 0) is 9.59 Å². The Morgan fingerprint density at radius 1 is 1.06 bits per heavy atom. The molecule has 2 heterocycles. The number of hydrogen-bond acceptors (Lipinski definition) is 5. The molecule has 4 amide bonds. The fraction of sp³-hybridized carbons (Fsp3) is 0.321. The number of allylic oxidation sites excluding steroid dienone is 1. The van der Waals surface area contributed by atoms with Gasteiger partial charge in [-0.3, -0.25) is 14.9 Å². The molecule has 1 fully saturated rings. The lowest BCUT2D eigenvalue weighted by Gasteiger charge is -2.46. The summed E-state index contributed by atoms with van der Waals surface area (Å²) >= 11 is 0. The van der Waals surface area contributed by atoms with Crippen LogP contribution in [0.3, 0.4) is 0 Å². The SMILES string of the molecule is CCOc1ccc(N2C(=O)NC(=O)/C(=C\c3ccc4c(c3)C(C)=CC(C)(C)N4C(C)C)C2=O)cc1. The van der Waals surface area contributed by atoms with Gasteiger partial charge in [-0.05, 0) is 95.2 Å². The van der Waals surface area contributed by atoms with E-state index in [4.69, 9.17) is 4.74 Å². The van der Waals surface area contributed by atoms with Gasteiger partial charge in [0, 0.05) is 17.3 Å². The van der Waals surface area contributed by atoms with Crippen LogP contribution in [0.25, 0.3) is 11.6 Å². The van der Waals surface area contributed by atoms with Crippen molar-refractivity contribution in [1.82, 2.24) is 5.32 Å². The van der Waals surface area contributed by atoms with Crippen molar-refractivity contribution in [3.63, 3.8) is 0 Å². The van der Waals surface area contributed by atoms with Gasteiger partial charge in [0.05, 0.1) is 17.8 Å². The third-order valence-corrected chi connectivity index (χ3v) is 6.23. The second-order valence-corrected chi connectivity index (χ2v) is 9.61. The molecule has 2 aliphatic rings. The Morgan fingerprint density at radius 2 is 1.74 bits per heavy atom. The Hall–Kier alpha value is -3.87. The van der Waals surface area contributed by atoms with Crippen LogP contribution in [0.2, 0.25) is 0 Å². The topological polar surface area (TPSA) is 79.0 Å². The second-order valence-electron chi connectivity index (χ2n) is 9.61. The van der Waals surface area contributed by atoms with Crippen LogP contribution in [0, 0.1) is 0 Å². The zero-order valence-corrected chi connectivity index (χ0v) is 21.0. The number of ether oxygens (including phenoxy) is 1. The maximum atomic E-state index is 13.3. The number of urea groups is 1. The molecule has 2 aromatic rings. The van der Waals surface area contributed by atoms with Crippen LogP contribution in [0.1, 0.15) is 52.7 Å². The molecule has 4 rings (SSSR count). The molecule has 1 N–H and O–H groups in total. The van der Waals surface area contributed by atoms with Crippen molar-refractivity contribution >= 4 is 40.9 Å². The van der Waals surface area contributed by atoms with Crippen molar-refractivity contribution in [2.75, 3.05) is 16.4 Å². The molecule has 0 saturated carbocycles. The molecule has 35 heavy (non-hydrogen) atoms. The number of carbonyl (C=O) groups excluding carboxylic acids is 3. The standard InChI is InChI=1S/C28H31N3O4/c1-7-35-21-11-9-20(10-12-21)30-26(33)23(25(32)29-27(30)34)15-19-8-13-24-22(14-19)18(4)16-28(5,6)31(24)17(2)3/h8-17H,7H2,1-6H3,(H,29,32,34)/b23-15+. The van der Waals surface area contributed by atoms with Crippen LogP contribution < -0.4 is 19.9 Å². The molecule has 0 atom stereocenters. The number of nitrogens with zero attached hydrogens (tertiary/aromatic N) is 2. The van der Waals surface area contributed by atoms with Crippen molar-refractivity contribution < 1.29 is 19.1 Å². The van der Waals surface area contributed by atoms with Crippen LogP contribution in [0.4, 0.5) is 16.2 Å². The van der Waals surface area contributed by atoms with Gasteiger partial charge in [-0.2, -0.15) is 0 Å². The smallest absolute Gasteiger partial charge is 0.335 e. The molecule has 0 radical (unpaired) electrons. The lowest BCUT2D eigenvalue weighted by atomic mass is 9.86. The fourth-order valence-corrected chi connectivity index (χ4v) is 5.02. The highest BCUT2D eigenvalue weighted by Crippen LogP contribution is 2.40. The predicted molar refractivity (Wildman–Crippen MR) is 138 cm³/mol. The summed E-state index contributed by atoms with van der Waals surface area (Å²) in [6.45, 7) is 13.1. The van der Waals surface area contributed by atoms with E-state index in [2.05, 4.69) is 50.9 Å². The molecule has 7 nitrogen and oxygen atoms in total. The van der Waals surface area contributed by atoms with Gasteiger partial charge >= 0.3 is 6.03 Å². The van der Waals surface area contributed by atoms with Gasteiger partial charge in [0.15, 0.2) is 0 Å². The van der Waals surface area contributed by atoms with E-state index in [-0.39, 0.29) is 17.2 Å². The van der Waals surface area contributed by atoms with Crippen molar-refractivity contribution in [2.45, 2.75) is 53.1 Å². The summed E-state index contributed by atoms with van der Waals surface area (Å²) in [6, 6.07) is 12.0. The molecule has 0 unspecified atom stereocenters. The first-order valence-electron chi connectivity index (χ1n) is 11.8. The largest absolute Gasteiger partial charge is 0.494 e.